The van der Waals surface area contributed by atoms with Crippen molar-refractivity contribution in [3.8, 4) is 0 Å². The molecule has 4 rings (SSSR count). The molecular weight excluding hydrogens is 421 g/mol. The van der Waals surface area contributed by atoms with Gasteiger partial charge in [-0.2, -0.15) is 0 Å². The summed E-state index contributed by atoms with van der Waals surface area (Å²) < 4.78 is 5.29. The van der Waals surface area contributed by atoms with Crippen LogP contribution >= 0.6 is 23.2 Å². The highest BCUT2D eigenvalue weighted by Crippen LogP contribution is 2.36. The van der Waals surface area contributed by atoms with Gasteiger partial charge in [-0.05, 0) is 24.6 Å². The topological polar surface area (TPSA) is 45.7 Å². The fourth-order valence-electron chi connectivity index (χ4n) is 3.88. The molecule has 0 atom stereocenters. The van der Waals surface area contributed by atoms with Crippen LogP contribution in [0.1, 0.15) is 22.8 Å². The average Bonchev–Trinajstić information content (AvgIpc) is 2.74. The molecule has 0 N–H and O–H groups in total. The minimum absolute atomic E-state index is 0.303. The molecule has 0 unspecified atom stereocenters. The van der Waals surface area contributed by atoms with Crippen LogP contribution in [-0.2, 0) is 11.3 Å². The molecule has 1 aliphatic rings. The molecule has 0 spiro atoms. The molecule has 0 amide bonds. The first-order chi connectivity index (χ1) is 14.6. The van der Waals surface area contributed by atoms with Crippen molar-refractivity contribution in [3.05, 3.63) is 69.8 Å². The van der Waals surface area contributed by atoms with Gasteiger partial charge in [0.05, 0.1) is 22.8 Å². The van der Waals surface area contributed by atoms with E-state index in [1.165, 1.54) is 5.56 Å². The second kappa shape index (κ2) is 9.21. The second-order valence-electron chi connectivity index (χ2n) is 7.27. The first kappa shape index (κ1) is 20.9. The molecule has 156 valence electrons. The van der Waals surface area contributed by atoms with Crippen LogP contribution < -0.4 is 4.90 Å². The van der Waals surface area contributed by atoms with Gasteiger partial charge in [0.2, 0.25) is 0 Å². The van der Waals surface area contributed by atoms with E-state index in [-0.39, 0.29) is 5.97 Å². The summed E-state index contributed by atoms with van der Waals surface area (Å²) in [5, 5.41) is 1.76. The minimum atomic E-state index is -0.385. The van der Waals surface area contributed by atoms with E-state index in [4.69, 9.17) is 27.9 Å². The van der Waals surface area contributed by atoms with Gasteiger partial charge in [-0.15, -0.1) is 0 Å². The van der Waals surface area contributed by atoms with E-state index in [0.29, 0.717) is 27.7 Å². The Labute approximate surface area is 186 Å². The number of hydrogen-bond donors (Lipinski definition) is 0. The lowest BCUT2D eigenvalue weighted by atomic mass is 10.1. The standard InChI is InChI=1S/C23H23Cl2N3O2/c1-2-30-23(29)19-14-26-21-18(12-17(24)13-20(21)25)22(19)28-10-8-27(9-11-28)15-16-6-4-3-5-7-16/h3-7,12-14H,2,8-11,15H2,1H3. The fraction of sp³-hybridized carbons (Fsp3) is 0.304. The van der Waals surface area contributed by atoms with Gasteiger partial charge in [0, 0.05) is 49.3 Å². The molecule has 3 aromatic rings. The predicted molar refractivity (Wildman–Crippen MR) is 122 cm³/mol. The molecule has 1 aromatic heterocycles. The van der Waals surface area contributed by atoms with Gasteiger partial charge in [-0.1, -0.05) is 53.5 Å². The van der Waals surface area contributed by atoms with Crippen LogP contribution in [0.4, 0.5) is 5.69 Å². The highest BCUT2D eigenvalue weighted by atomic mass is 35.5. The number of fused-ring (bicyclic) bond motifs is 1. The highest BCUT2D eigenvalue weighted by molar-refractivity contribution is 6.38. The third-order valence-electron chi connectivity index (χ3n) is 5.29. The largest absolute Gasteiger partial charge is 0.462 e. The summed E-state index contributed by atoms with van der Waals surface area (Å²) in [6.45, 7) is 6.34. The summed E-state index contributed by atoms with van der Waals surface area (Å²) in [5.74, 6) is -0.385. The molecular formula is C23H23Cl2N3O2. The Balaban J connectivity index is 1.65. The number of esters is 1. The van der Waals surface area contributed by atoms with Crippen molar-refractivity contribution in [1.82, 2.24) is 9.88 Å². The van der Waals surface area contributed by atoms with Gasteiger partial charge < -0.3 is 9.64 Å². The lowest BCUT2D eigenvalue weighted by molar-refractivity contribution is 0.0526. The molecule has 0 saturated carbocycles. The summed E-state index contributed by atoms with van der Waals surface area (Å²) in [5.41, 5.74) is 3.17. The Kier molecular flexibility index (Phi) is 6.42. The first-order valence-corrected chi connectivity index (χ1v) is 10.8. The zero-order valence-corrected chi connectivity index (χ0v) is 18.3. The zero-order valence-electron chi connectivity index (χ0n) is 16.8. The number of hydrogen-bond acceptors (Lipinski definition) is 5. The Bertz CT molecular complexity index is 1050. The van der Waals surface area contributed by atoms with Crippen molar-refractivity contribution in [3.63, 3.8) is 0 Å². The molecule has 1 saturated heterocycles. The number of carbonyl (C=O) groups is 1. The number of ether oxygens (including phenoxy) is 1. The van der Waals surface area contributed by atoms with E-state index >= 15 is 0 Å². The van der Waals surface area contributed by atoms with Crippen molar-refractivity contribution >= 4 is 45.8 Å². The van der Waals surface area contributed by atoms with Crippen LogP contribution in [-0.4, -0.2) is 48.6 Å². The summed E-state index contributed by atoms with van der Waals surface area (Å²) in [6.07, 6.45) is 1.56. The quantitative estimate of drug-likeness (QED) is 0.516. The number of benzene rings is 2. The second-order valence-corrected chi connectivity index (χ2v) is 8.12. The molecule has 0 aliphatic carbocycles. The smallest absolute Gasteiger partial charge is 0.341 e. The maximum atomic E-state index is 12.7. The van der Waals surface area contributed by atoms with Crippen molar-refractivity contribution in [2.75, 3.05) is 37.7 Å². The molecule has 1 fully saturated rings. The Morgan fingerprint density at radius 2 is 1.83 bits per heavy atom. The van der Waals surface area contributed by atoms with Gasteiger partial charge in [-0.3, -0.25) is 9.88 Å². The number of nitrogens with zero attached hydrogens (tertiary/aromatic N) is 3. The van der Waals surface area contributed by atoms with Crippen LogP contribution in [0.2, 0.25) is 10.0 Å². The first-order valence-electron chi connectivity index (χ1n) is 10.0. The minimum Gasteiger partial charge on any atom is -0.462 e. The van der Waals surface area contributed by atoms with Crippen molar-refractivity contribution < 1.29 is 9.53 Å². The van der Waals surface area contributed by atoms with E-state index in [1.54, 1.807) is 19.2 Å². The van der Waals surface area contributed by atoms with Gasteiger partial charge in [0.1, 0.15) is 5.56 Å². The highest BCUT2D eigenvalue weighted by Gasteiger charge is 2.26. The molecule has 1 aliphatic heterocycles. The molecule has 2 heterocycles. The van der Waals surface area contributed by atoms with Crippen LogP contribution in [0.5, 0.6) is 0 Å². The third kappa shape index (κ3) is 4.38. The number of rotatable bonds is 5. The number of aromatic nitrogens is 1. The van der Waals surface area contributed by atoms with E-state index in [0.717, 1.165) is 43.8 Å². The van der Waals surface area contributed by atoms with Gasteiger partial charge >= 0.3 is 5.97 Å². The Hall–Kier alpha value is -2.34. The number of piperazine rings is 1. The van der Waals surface area contributed by atoms with E-state index in [9.17, 15) is 4.79 Å². The summed E-state index contributed by atoms with van der Waals surface area (Å²) in [7, 11) is 0. The maximum Gasteiger partial charge on any atom is 0.341 e. The van der Waals surface area contributed by atoms with E-state index in [2.05, 4.69) is 39.0 Å². The number of pyridine rings is 1. The fourth-order valence-corrected chi connectivity index (χ4v) is 4.43. The van der Waals surface area contributed by atoms with Crippen molar-refractivity contribution in [1.29, 1.82) is 0 Å². The van der Waals surface area contributed by atoms with Crippen LogP contribution in [0.15, 0.2) is 48.7 Å². The predicted octanol–water partition coefficient (Wildman–Crippen LogP) is 5.04. The van der Waals surface area contributed by atoms with Crippen molar-refractivity contribution in [2.45, 2.75) is 13.5 Å². The van der Waals surface area contributed by atoms with E-state index in [1.807, 2.05) is 12.1 Å². The van der Waals surface area contributed by atoms with Crippen molar-refractivity contribution in [2.24, 2.45) is 0 Å². The molecule has 0 bridgehead atoms. The van der Waals surface area contributed by atoms with E-state index < -0.39 is 0 Å². The number of halogens is 2. The molecule has 0 radical (unpaired) electrons. The monoisotopic (exact) mass is 443 g/mol. The maximum absolute atomic E-state index is 12.7. The normalized spacial score (nSPS) is 14.8. The Morgan fingerprint density at radius 3 is 2.53 bits per heavy atom. The Morgan fingerprint density at radius 1 is 1.10 bits per heavy atom. The van der Waals surface area contributed by atoms with Gasteiger partial charge in [0.15, 0.2) is 0 Å². The molecule has 30 heavy (non-hydrogen) atoms. The lowest BCUT2D eigenvalue weighted by Gasteiger charge is -2.37. The third-order valence-corrected chi connectivity index (χ3v) is 5.80. The summed E-state index contributed by atoms with van der Waals surface area (Å²) >= 11 is 12.7. The van der Waals surface area contributed by atoms with Gasteiger partial charge in [0.25, 0.3) is 0 Å². The van der Waals surface area contributed by atoms with Gasteiger partial charge in [-0.25, -0.2) is 4.79 Å². The summed E-state index contributed by atoms with van der Waals surface area (Å²) in [4.78, 5) is 21.7. The average molecular weight is 444 g/mol. The zero-order chi connectivity index (χ0) is 21.1. The van der Waals surface area contributed by atoms with Crippen LogP contribution in [0.3, 0.4) is 0 Å². The van der Waals surface area contributed by atoms with Crippen LogP contribution in [0.25, 0.3) is 10.9 Å². The molecule has 5 nitrogen and oxygen atoms in total. The van der Waals surface area contributed by atoms with Crippen LogP contribution in [0, 0.1) is 0 Å². The SMILES string of the molecule is CCOC(=O)c1cnc2c(Cl)cc(Cl)cc2c1N1CCN(Cc2ccccc2)CC1. The lowest BCUT2D eigenvalue weighted by Crippen LogP contribution is -2.46. The number of carbonyl (C=O) groups excluding carboxylic acids is 1. The molecule has 2 aromatic carbocycles. The summed E-state index contributed by atoms with van der Waals surface area (Å²) in [6, 6.07) is 13.9. The number of anilines is 1. The molecule has 7 heteroatoms.